The van der Waals surface area contributed by atoms with Gasteiger partial charge in [-0.15, -0.1) is 11.7 Å². The third-order valence-corrected chi connectivity index (χ3v) is 10.5. The molecule has 0 spiro atoms. The van der Waals surface area contributed by atoms with Gasteiger partial charge in [0.05, 0.1) is 24.8 Å². The molecule has 1 saturated heterocycles. The van der Waals surface area contributed by atoms with Gasteiger partial charge in [-0.05, 0) is 81.1 Å². The minimum atomic E-state index is -1.27. The molecule has 1 saturated carbocycles. The molecule has 0 amide bonds. The summed E-state index contributed by atoms with van der Waals surface area (Å²) in [4.78, 5) is 5.81. The molecule has 7 atom stereocenters. The SMILES string of the molecule is C=CCOc1ccc2c(c1)[C@H]1[C@H](CCCCO)[C@@H](CCCCO)C=C3C(=NOCC)C[C@H](n4nncc4OC4CCCCO4)[C@@](OCC=C)(O2)[C@H]31. The number of oxime groups is 1. The number of hydrogen-bond acceptors (Lipinski definition) is 11. The lowest BCUT2D eigenvalue weighted by Crippen LogP contribution is -2.63. The van der Waals surface area contributed by atoms with Gasteiger partial charge in [0, 0.05) is 37.5 Å². The first kappa shape index (κ1) is 37.1. The van der Waals surface area contributed by atoms with Crippen LogP contribution in [0.1, 0.15) is 88.7 Å². The van der Waals surface area contributed by atoms with E-state index in [2.05, 4.69) is 35.6 Å². The highest BCUT2D eigenvalue weighted by molar-refractivity contribution is 6.02. The maximum atomic E-state index is 9.83. The minimum absolute atomic E-state index is 0.0899. The molecule has 0 bridgehead atoms. The van der Waals surface area contributed by atoms with E-state index in [1.165, 1.54) is 0 Å². The lowest BCUT2D eigenvalue weighted by molar-refractivity contribution is -0.253. The van der Waals surface area contributed by atoms with Crippen LogP contribution in [-0.4, -0.2) is 82.6 Å². The first-order valence-corrected chi connectivity index (χ1v) is 18.7. The molecular formula is C39H54N4O8. The smallest absolute Gasteiger partial charge is 0.241 e. The molecular weight excluding hydrogens is 652 g/mol. The molecule has 51 heavy (non-hydrogen) atoms. The predicted molar refractivity (Wildman–Crippen MR) is 192 cm³/mol. The summed E-state index contributed by atoms with van der Waals surface area (Å²) in [6, 6.07) is 5.44. The molecule has 3 heterocycles. The van der Waals surface area contributed by atoms with Crippen LogP contribution in [0.4, 0.5) is 0 Å². The van der Waals surface area contributed by atoms with E-state index in [1.807, 2.05) is 19.1 Å². The summed E-state index contributed by atoms with van der Waals surface area (Å²) in [6.45, 7) is 11.7. The van der Waals surface area contributed by atoms with Crippen molar-refractivity contribution < 1.29 is 38.7 Å². The highest BCUT2D eigenvalue weighted by atomic mass is 16.7. The van der Waals surface area contributed by atoms with Crippen LogP contribution in [0, 0.1) is 17.8 Å². The van der Waals surface area contributed by atoms with Crippen LogP contribution in [0.25, 0.3) is 0 Å². The second-order valence-electron chi connectivity index (χ2n) is 13.7. The summed E-state index contributed by atoms with van der Waals surface area (Å²) in [5, 5.41) is 33.2. The quantitative estimate of drug-likeness (QED) is 0.0976. The Balaban J connectivity index is 1.56. The van der Waals surface area contributed by atoms with Crippen molar-refractivity contribution in [2.45, 2.75) is 95.2 Å². The first-order valence-electron chi connectivity index (χ1n) is 18.7. The summed E-state index contributed by atoms with van der Waals surface area (Å²) in [6.07, 6.45) is 15.2. The zero-order valence-electron chi connectivity index (χ0n) is 29.9. The monoisotopic (exact) mass is 706 g/mol. The van der Waals surface area contributed by atoms with Crippen LogP contribution in [0.5, 0.6) is 17.4 Å². The molecule has 12 nitrogen and oxygen atoms in total. The Kier molecular flexibility index (Phi) is 12.8. The van der Waals surface area contributed by atoms with E-state index in [0.29, 0.717) is 44.3 Å². The van der Waals surface area contributed by atoms with Crippen molar-refractivity contribution in [3.63, 3.8) is 0 Å². The van der Waals surface area contributed by atoms with Gasteiger partial charge in [0.2, 0.25) is 18.0 Å². The van der Waals surface area contributed by atoms with Crippen LogP contribution in [-0.2, 0) is 14.3 Å². The van der Waals surface area contributed by atoms with E-state index in [9.17, 15) is 10.2 Å². The minimum Gasteiger partial charge on any atom is -0.490 e. The third-order valence-electron chi connectivity index (χ3n) is 10.5. The highest BCUT2D eigenvalue weighted by Gasteiger charge is 2.65. The van der Waals surface area contributed by atoms with Gasteiger partial charge < -0.3 is 38.7 Å². The Labute approximate surface area is 301 Å². The zero-order valence-corrected chi connectivity index (χ0v) is 29.9. The van der Waals surface area contributed by atoms with Crippen LogP contribution in [0.2, 0.25) is 0 Å². The molecule has 6 rings (SSSR count). The van der Waals surface area contributed by atoms with Crippen molar-refractivity contribution in [1.82, 2.24) is 15.0 Å². The van der Waals surface area contributed by atoms with Gasteiger partial charge in [0.1, 0.15) is 37.0 Å². The Hall–Kier alpha value is -3.71. The molecule has 0 radical (unpaired) electrons. The molecule has 4 aliphatic rings. The lowest BCUT2D eigenvalue weighted by atomic mass is 9.55. The fraction of sp³-hybridized carbons (Fsp3) is 0.615. The number of hydrogen-bond donors (Lipinski definition) is 2. The number of aliphatic hydroxyl groups is 2. The molecule has 2 N–H and O–H groups in total. The molecule has 1 unspecified atom stereocenters. The van der Waals surface area contributed by atoms with E-state index < -0.39 is 18.1 Å². The molecule has 1 aromatic heterocycles. The number of allylic oxidation sites excluding steroid dienone is 1. The Bertz CT molecular complexity index is 1520. The van der Waals surface area contributed by atoms with Gasteiger partial charge in [-0.1, -0.05) is 48.0 Å². The zero-order chi connectivity index (χ0) is 35.6. The summed E-state index contributed by atoms with van der Waals surface area (Å²) in [5.41, 5.74) is 2.87. The second-order valence-corrected chi connectivity index (χ2v) is 13.7. The topological polar surface area (TPSA) is 139 Å². The van der Waals surface area contributed by atoms with Crippen LogP contribution in [0.15, 0.2) is 66.5 Å². The standard InChI is InChI=1S/C39H54N4O8/c1-4-20-46-28-16-17-33-31(24-28)37-29(14-8-11-19-45)27(13-7-10-18-44)23-30-32(41-49-6-3)25-34(39(51-33,38(30)37)48-21-5-2)43-35(26-40-42-43)50-36-15-9-12-22-47-36/h4-5,16-17,23-24,26-27,29,34,36-38,44-45H,1-2,6-15,18-22,25H2,3H3/t27-,29+,34-,36?,37+,38+,39+/m0/s1. The van der Waals surface area contributed by atoms with Crippen molar-refractivity contribution >= 4 is 5.71 Å². The molecule has 2 aliphatic carbocycles. The van der Waals surface area contributed by atoms with E-state index in [4.69, 9.17) is 33.7 Å². The average Bonchev–Trinajstić information content (AvgIpc) is 3.61. The fourth-order valence-electron chi connectivity index (χ4n) is 8.44. The number of benzene rings is 1. The van der Waals surface area contributed by atoms with Gasteiger partial charge in [-0.2, -0.15) is 0 Å². The summed E-state index contributed by atoms with van der Waals surface area (Å²) in [5.74, 6) is 0.536. The van der Waals surface area contributed by atoms with Crippen molar-refractivity contribution in [1.29, 1.82) is 0 Å². The normalized spacial score (nSPS) is 28.9. The number of aromatic nitrogens is 3. The Morgan fingerprint density at radius 2 is 1.90 bits per heavy atom. The summed E-state index contributed by atoms with van der Waals surface area (Å²) >= 11 is 0. The third kappa shape index (κ3) is 7.89. The van der Waals surface area contributed by atoms with Gasteiger partial charge >= 0.3 is 0 Å². The summed E-state index contributed by atoms with van der Waals surface area (Å²) < 4.78 is 34.5. The van der Waals surface area contributed by atoms with Gasteiger partial charge in [0.15, 0.2) is 0 Å². The molecule has 2 fully saturated rings. The largest absolute Gasteiger partial charge is 0.490 e. The predicted octanol–water partition coefficient (Wildman–Crippen LogP) is 6.27. The molecule has 12 heteroatoms. The fourth-order valence-corrected chi connectivity index (χ4v) is 8.44. The number of fused-ring (bicyclic) bond motifs is 2. The first-order chi connectivity index (χ1) is 25.1. The van der Waals surface area contributed by atoms with E-state index in [0.717, 1.165) is 74.0 Å². The second kappa shape index (κ2) is 17.7. The number of unbranched alkanes of at least 4 members (excludes halogenated alkanes) is 2. The molecule has 1 aromatic carbocycles. The van der Waals surface area contributed by atoms with Gasteiger partial charge in [-0.25, -0.2) is 4.68 Å². The molecule has 2 aliphatic heterocycles. The van der Waals surface area contributed by atoms with E-state index in [1.54, 1.807) is 23.0 Å². The molecule has 2 aromatic rings. The molecule has 278 valence electrons. The number of rotatable bonds is 19. The lowest BCUT2D eigenvalue weighted by Gasteiger charge is -2.58. The van der Waals surface area contributed by atoms with Crippen LogP contribution in [0.3, 0.4) is 0 Å². The van der Waals surface area contributed by atoms with Crippen molar-refractivity contribution in [3.8, 4) is 17.4 Å². The van der Waals surface area contributed by atoms with Crippen LogP contribution >= 0.6 is 0 Å². The van der Waals surface area contributed by atoms with Crippen molar-refractivity contribution in [3.05, 3.63) is 66.9 Å². The van der Waals surface area contributed by atoms with Crippen molar-refractivity contribution in [2.24, 2.45) is 22.9 Å². The average molecular weight is 707 g/mol. The number of ether oxygens (including phenoxy) is 5. The van der Waals surface area contributed by atoms with Crippen molar-refractivity contribution in [2.75, 3.05) is 39.6 Å². The van der Waals surface area contributed by atoms with E-state index >= 15 is 0 Å². The highest BCUT2D eigenvalue weighted by Crippen LogP contribution is 2.63. The number of aliphatic hydroxyl groups excluding tert-OH is 2. The van der Waals surface area contributed by atoms with Gasteiger partial charge in [-0.3, -0.25) is 0 Å². The maximum Gasteiger partial charge on any atom is 0.241 e. The number of nitrogens with zero attached hydrogens (tertiary/aromatic N) is 4. The summed E-state index contributed by atoms with van der Waals surface area (Å²) in [7, 11) is 0. The Morgan fingerprint density at radius 3 is 2.65 bits per heavy atom. The van der Waals surface area contributed by atoms with E-state index in [-0.39, 0.29) is 43.5 Å². The van der Waals surface area contributed by atoms with Gasteiger partial charge in [0.25, 0.3) is 0 Å². The maximum absolute atomic E-state index is 9.83. The van der Waals surface area contributed by atoms with Crippen LogP contribution < -0.4 is 14.2 Å². The Morgan fingerprint density at radius 1 is 1.08 bits per heavy atom.